The lowest BCUT2D eigenvalue weighted by atomic mass is 10.00. The van der Waals surface area contributed by atoms with Crippen LogP contribution in [0.5, 0.6) is 0 Å². The van der Waals surface area contributed by atoms with Crippen molar-refractivity contribution in [3.8, 4) is 11.3 Å². The number of hydrogen-bond acceptors (Lipinski definition) is 4. The van der Waals surface area contributed by atoms with E-state index in [-0.39, 0.29) is 11.7 Å². The van der Waals surface area contributed by atoms with Gasteiger partial charge < -0.3 is 10.2 Å². The molecule has 3 aromatic rings. The van der Waals surface area contributed by atoms with Gasteiger partial charge >= 0.3 is 0 Å². The van der Waals surface area contributed by atoms with Gasteiger partial charge in [-0.3, -0.25) is 14.2 Å². The first-order valence-corrected chi connectivity index (χ1v) is 9.71. The van der Waals surface area contributed by atoms with Gasteiger partial charge in [0.1, 0.15) is 17.3 Å². The number of carbonyl (C=O) groups excluding carboxylic acids is 1. The maximum atomic E-state index is 13.3. The van der Waals surface area contributed by atoms with Crippen LogP contribution in [0.2, 0.25) is 0 Å². The fourth-order valence-corrected chi connectivity index (χ4v) is 3.75. The van der Waals surface area contributed by atoms with Crippen molar-refractivity contribution in [1.29, 1.82) is 0 Å². The summed E-state index contributed by atoms with van der Waals surface area (Å²) in [5.41, 5.74) is 2.22. The fraction of sp³-hybridized carbons (Fsp3) is 0.381. The van der Waals surface area contributed by atoms with E-state index in [0.29, 0.717) is 30.2 Å². The number of amides is 1. The molecule has 1 atom stereocenters. The quantitative estimate of drug-likeness (QED) is 0.734. The van der Waals surface area contributed by atoms with Crippen LogP contribution in [0.4, 0.5) is 10.2 Å². The van der Waals surface area contributed by atoms with Crippen molar-refractivity contribution in [2.45, 2.75) is 26.2 Å². The molecule has 1 aromatic carbocycles. The largest absolute Gasteiger partial charge is 0.369 e. The van der Waals surface area contributed by atoms with Crippen molar-refractivity contribution >= 4 is 17.4 Å². The number of piperidine rings is 1. The fourth-order valence-electron chi connectivity index (χ4n) is 3.75. The minimum Gasteiger partial charge on any atom is -0.369 e. The third-order valence-electron chi connectivity index (χ3n) is 5.19. The summed E-state index contributed by atoms with van der Waals surface area (Å²) in [5.74, 6) is 1.24. The van der Waals surface area contributed by atoms with Gasteiger partial charge in [-0.25, -0.2) is 9.37 Å². The molecule has 1 N–H and O–H groups in total. The van der Waals surface area contributed by atoms with Gasteiger partial charge in [-0.2, -0.15) is 0 Å². The summed E-state index contributed by atoms with van der Waals surface area (Å²) in [5, 5.41) is 3.36. The summed E-state index contributed by atoms with van der Waals surface area (Å²) in [6, 6.07) is 6.25. The molecule has 0 unspecified atom stereocenters. The van der Waals surface area contributed by atoms with Gasteiger partial charge in [-0.1, -0.05) is 6.92 Å². The highest BCUT2D eigenvalue weighted by Gasteiger charge is 2.21. The first-order chi connectivity index (χ1) is 13.6. The summed E-state index contributed by atoms with van der Waals surface area (Å²) in [4.78, 5) is 23.3. The number of imidazole rings is 1. The molecule has 3 heterocycles. The first-order valence-electron chi connectivity index (χ1n) is 9.71. The summed E-state index contributed by atoms with van der Waals surface area (Å²) in [6.45, 7) is 4.40. The Kier molecular flexibility index (Phi) is 5.23. The van der Waals surface area contributed by atoms with Crippen LogP contribution in [0, 0.1) is 11.7 Å². The molecule has 0 spiro atoms. The number of anilines is 1. The van der Waals surface area contributed by atoms with Crippen molar-refractivity contribution in [1.82, 2.24) is 19.3 Å². The monoisotopic (exact) mass is 381 g/mol. The van der Waals surface area contributed by atoms with Crippen molar-refractivity contribution < 1.29 is 9.18 Å². The third-order valence-corrected chi connectivity index (χ3v) is 5.19. The van der Waals surface area contributed by atoms with Crippen LogP contribution in [-0.4, -0.2) is 44.8 Å². The second-order valence-electron chi connectivity index (χ2n) is 7.38. The van der Waals surface area contributed by atoms with E-state index in [1.807, 2.05) is 15.5 Å². The first kappa shape index (κ1) is 18.4. The Morgan fingerprint density at radius 3 is 2.93 bits per heavy atom. The number of nitrogens with zero attached hydrogens (tertiary/aromatic N) is 4. The maximum Gasteiger partial charge on any atom is 0.224 e. The zero-order valence-electron chi connectivity index (χ0n) is 15.9. The topological polar surface area (TPSA) is 62.5 Å². The van der Waals surface area contributed by atoms with Crippen LogP contribution >= 0.6 is 0 Å². The SMILES string of the molecule is C[C@H]1CCCN(C(=O)CCNc2c(-c3ccc(F)cc3)nc3cnccn23)C1. The molecule has 0 saturated carbocycles. The number of hydrogen-bond donors (Lipinski definition) is 1. The zero-order chi connectivity index (χ0) is 19.5. The molecule has 1 aliphatic heterocycles. The lowest BCUT2D eigenvalue weighted by Crippen LogP contribution is -2.39. The molecule has 4 rings (SSSR count). The van der Waals surface area contributed by atoms with Crippen molar-refractivity contribution in [2.24, 2.45) is 5.92 Å². The summed E-state index contributed by atoms with van der Waals surface area (Å²) in [7, 11) is 0. The Morgan fingerprint density at radius 2 is 2.14 bits per heavy atom. The Hall–Kier alpha value is -2.96. The van der Waals surface area contributed by atoms with Gasteiger partial charge in [0, 0.05) is 44.0 Å². The summed E-state index contributed by atoms with van der Waals surface area (Å²) < 4.78 is 15.2. The molecule has 2 aromatic heterocycles. The molecule has 1 fully saturated rings. The average Bonchev–Trinajstić information content (AvgIpc) is 3.07. The standard InChI is InChI=1S/C21H24FN5O/c1-15-3-2-11-26(14-15)19(28)8-9-24-21-20(16-4-6-17(22)7-5-16)25-18-13-23-10-12-27(18)21/h4-7,10,12-13,15,24H,2-3,8-9,11,14H2,1H3/t15-/m0/s1. The second-order valence-corrected chi connectivity index (χ2v) is 7.38. The van der Waals surface area contributed by atoms with E-state index in [2.05, 4.69) is 22.2 Å². The van der Waals surface area contributed by atoms with Crippen molar-refractivity contribution in [3.63, 3.8) is 0 Å². The van der Waals surface area contributed by atoms with Gasteiger partial charge in [0.25, 0.3) is 0 Å². The van der Waals surface area contributed by atoms with Crippen LogP contribution in [0.15, 0.2) is 42.9 Å². The Balaban J connectivity index is 1.52. The molecule has 6 nitrogen and oxygen atoms in total. The second kappa shape index (κ2) is 7.96. The number of benzene rings is 1. The molecule has 28 heavy (non-hydrogen) atoms. The number of halogens is 1. The normalized spacial score (nSPS) is 17.1. The number of rotatable bonds is 5. The van der Waals surface area contributed by atoms with Crippen LogP contribution in [-0.2, 0) is 4.79 Å². The number of aromatic nitrogens is 3. The molecule has 7 heteroatoms. The van der Waals surface area contributed by atoms with Crippen LogP contribution in [0.1, 0.15) is 26.2 Å². The Labute approximate surface area is 163 Å². The lowest BCUT2D eigenvalue weighted by Gasteiger charge is -2.31. The van der Waals surface area contributed by atoms with Crippen LogP contribution in [0.3, 0.4) is 0 Å². The lowest BCUT2D eigenvalue weighted by molar-refractivity contribution is -0.132. The highest BCUT2D eigenvalue weighted by molar-refractivity contribution is 5.78. The predicted molar refractivity (Wildman–Crippen MR) is 106 cm³/mol. The van der Waals surface area contributed by atoms with Gasteiger partial charge in [0.15, 0.2) is 5.65 Å². The number of likely N-dealkylation sites (tertiary alicyclic amines) is 1. The van der Waals surface area contributed by atoms with Gasteiger partial charge in [-0.15, -0.1) is 0 Å². The van der Waals surface area contributed by atoms with E-state index in [1.54, 1.807) is 24.5 Å². The van der Waals surface area contributed by atoms with Crippen molar-refractivity contribution in [3.05, 3.63) is 48.7 Å². The maximum absolute atomic E-state index is 13.3. The van der Waals surface area contributed by atoms with E-state index in [4.69, 9.17) is 0 Å². The molecule has 0 aliphatic carbocycles. The van der Waals surface area contributed by atoms with E-state index in [0.717, 1.165) is 30.9 Å². The Morgan fingerprint density at radius 1 is 1.32 bits per heavy atom. The number of carbonyl (C=O) groups is 1. The third kappa shape index (κ3) is 3.83. The Bertz CT molecular complexity index is 969. The van der Waals surface area contributed by atoms with Gasteiger partial charge in [-0.05, 0) is 43.0 Å². The predicted octanol–water partition coefficient (Wildman–Crippen LogP) is 3.60. The highest BCUT2D eigenvalue weighted by atomic mass is 19.1. The molecular weight excluding hydrogens is 357 g/mol. The van der Waals surface area contributed by atoms with E-state index >= 15 is 0 Å². The highest BCUT2D eigenvalue weighted by Crippen LogP contribution is 2.28. The molecule has 1 saturated heterocycles. The number of nitrogens with one attached hydrogen (secondary N) is 1. The van der Waals surface area contributed by atoms with Gasteiger partial charge in [0.2, 0.25) is 5.91 Å². The molecule has 146 valence electrons. The van der Waals surface area contributed by atoms with Gasteiger partial charge in [0.05, 0.1) is 6.20 Å². The number of fused-ring (bicyclic) bond motifs is 1. The molecule has 1 aliphatic rings. The summed E-state index contributed by atoms with van der Waals surface area (Å²) in [6.07, 6.45) is 7.89. The van der Waals surface area contributed by atoms with Crippen LogP contribution in [0.25, 0.3) is 16.9 Å². The molecule has 1 amide bonds. The zero-order valence-corrected chi connectivity index (χ0v) is 15.9. The summed E-state index contributed by atoms with van der Waals surface area (Å²) >= 11 is 0. The van der Waals surface area contributed by atoms with Crippen molar-refractivity contribution in [2.75, 3.05) is 25.0 Å². The van der Waals surface area contributed by atoms with E-state index in [9.17, 15) is 9.18 Å². The smallest absolute Gasteiger partial charge is 0.224 e. The minimum atomic E-state index is -0.287. The van der Waals surface area contributed by atoms with E-state index in [1.165, 1.54) is 18.6 Å². The van der Waals surface area contributed by atoms with E-state index < -0.39 is 0 Å². The van der Waals surface area contributed by atoms with Crippen LogP contribution < -0.4 is 5.32 Å². The molecule has 0 bridgehead atoms. The average molecular weight is 381 g/mol. The molecular formula is C21H24FN5O. The minimum absolute atomic E-state index is 0.179. The molecule has 0 radical (unpaired) electrons.